The van der Waals surface area contributed by atoms with Crippen LogP contribution in [0, 0.1) is 0 Å². The first-order chi connectivity index (χ1) is 2.56. The first-order valence-corrected chi connectivity index (χ1v) is 3.87. The molecule has 0 spiro atoms. The summed E-state index contributed by atoms with van der Waals surface area (Å²) in [7, 11) is -3.66. The summed E-state index contributed by atoms with van der Waals surface area (Å²) in [5.41, 5.74) is 0. The van der Waals surface area contributed by atoms with Crippen LogP contribution in [0.15, 0.2) is 0 Å². The average Bonchev–Trinajstić information content (AvgIpc) is 1.35. The SMILES string of the molecule is O=S(=O)(O)[CH2][Ti]. The van der Waals surface area contributed by atoms with Gasteiger partial charge < -0.3 is 0 Å². The van der Waals surface area contributed by atoms with E-state index in [0.717, 1.165) is 0 Å². The molecule has 0 aliphatic rings. The van der Waals surface area contributed by atoms with Crippen LogP contribution in [-0.2, 0) is 30.6 Å². The first-order valence-electron chi connectivity index (χ1n) is 1.16. The molecule has 0 atom stereocenters. The Bertz CT molecular complexity index is 113. The molecule has 0 heterocycles. The molecule has 0 aliphatic carbocycles. The van der Waals surface area contributed by atoms with Gasteiger partial charge in [-0.05, 0) is 0 Å². The predicted octanol–water partition coefficient (Wildman–Crippen LogP) is -0.621. The molecule has 5 heteroatoms. The number of hydrogen-bond acceptors (Lipinski definition) is 2. The zero-order chi connectivity index (χ0) is 5.21. The van der Waals surface area contributed by atoms with Crippen LogP contribution in [0.1, 0.15) is 0 Å². The summed E-state index contributed by atoms with van der Waals surface area (Å²) in [6.45, 7) is 0. The molecule has 0 radical (unpaired) electrons. The quantitative estimate of drug-likeness (QED) is 0.393. The Morgan fingerprint density at radius 3 is 1.83 bits per heavy atom. The molecule has 0 rings (SSSR count). The van der Waals surface area contributed by atoms with Crippen molar-refractivity contribution in [2.24, 2.45) is 0 Å². The van der Waals surface area contributed by atoms with Gasteiger partial charge in [-0.25, -0.2) is 0 Å². The maximum absolute atomic E-state index is 9.56. The summed E-state index contributed by atoms with van der Waals surface area (Å²) in [6.07, 6.45) is 0. The van der Waals surface area contributed by atoms with Crippen LogP contribution in [0.5, 0.6) is 0 Å². The summed E-state index contributed by atoms with van der Waals surface area (Å²) in [6, 6.07) is 0. The minimum atomic E-state index is -3.66. The van der Waals surface area contributed by atoms with Gasteiger partial charge >= 0.3 is 47.6 Å². The van der Waals surface area contributed by atoms with E-state index in [4.69, 9.17) is 4.55 Å². The van der Waals surface area contributed by atoms with Crippen LogP contribution in [0.2, 0.25) is 0 Å². The molecule has 0 bridgehead atoms. The van der Waals surface area contributed by atoms with Crippen molar-refractivity contribution in [1.29, 1.82) is 0 Å². The Kier molecular flexibility index (Phi) is 2.28. The molecule has 0 saturated heterocycles. The van der Waals surface area contributed by atoms with E-state index < -0.39 is 10.1 Å². The fourth-order valence-electron chi connectivity index (χ4n) is 0. The molecule has 6 heavy (non-hydrogen) atoms. The van der Waals surface area contributed by atoms with Crippen molar-refractivity contribution in [3.05, 3.63) is 0 Å². The van der Waals surface area contributed by atoms with Gasteiger partial charge in [0.2, 0.25) is 0 Å². The summed E-state index contributed by atoms with van der Waals surface area (Å²) >= 11 is 1.37. The van der Waals surface area contributed by atoms with Crippen molar-refractivity contribution in [2.75, 3.05) is 4.06 Å². The van der Waals surface area contributed by atoms with E-state index in [1.807, 2.05) is 0 Å². The molecule has 0 aliphatic heterocycles. The molecule has 0 aromatic carbocycles. The van der Waals surface area contributed by atoms with Crippen LogP contribution in [0.4, 0.5) is 0 Å². The zero-order valence-electron chi connectivity index (χ0n) is 2.88. The van der Waals surface area contributed by atoms with Crippen molar-refractivity contribution in [2.45, 2.75) is 0 Å². The average molecular weight is 143 g/mol. The van der Waals surface area contributed by atoms with Crippen molar-refractivity contribution in [1.82, 2.24) is 0 Å². The molecule has 0 amide bonds. The van der Waals surface area contributed by atoms with Gasteiger partial charge in [0.25, 0.3) is 0 Å². The molecule has 35 valence electrons. The molecule has 0 saturated carbocycles. The van der Waals surface area contributed by atoms with Crippen LogP contribution < -0.4 is 0 Å². The fourth-order valence-corrected chi connectivity index (χ4v) is 0. The van der Waals surface area contributed by atoms with Gasteiger partial charge in [0.05, 0.1) is 0 Å². The summed E-state index contributed by atoms with van der Waals surface area (Å²) in [5, 5.41) is 0. The topological polar surface area (TPSA) is 54.4 Å². The predicted molar refractivity (Wildman–Crippen MR) is 16.4 cm³/mol. The zero-order valence-corrected chi connectivity index (χ0v) is 5.26. The normalized spacial score (nSPS) is 11.3. The van der Waals surface area contributed by atoms with Gasteiger partial charge in [0.1, 0.15) is 0 Å². The van der Waals surface area contributed by atoms with Gasteiger partial charge in [0.15, 0.2) is 0 Å². The molecule has 0 aromatic rings. The van der Waals surface area contributed by atoms with Crippen molar-refractivity contribution >= 4 is 10.1 Å². The van der Waals surface area contributed by atoms with Crippen LogP contribution >= 0.6 is 0 Å². The molecular weight excluding hydrogens is 140 g/mol. The van der Waals surface area contributed by atoms with E-state index >= 15 is 0 Å². The molecule has 3 nitrogen and oxygen atoms in total. The summed E-state index contributed by atoms with van der Waals surface area (Å²) in [4.78, 5) is 0. The van der Waals surface area contributed by atoms with E-state index in [2.05, 4.69) is 0 Å². The third-order valence-corrected chi connectivity index (χ3v) is 2.26. The van der Waals surface area contributed by atoms with Gasteiger partial charge in [-0.2, -0.15) is 0 Å². The van der Waals surface area contributed by atoms with Crippen molar-refractivity contribution in [3.63, 3.8) is 0 Å². The Balaban J connectivity index is 3.85. The third kappa shape index (κ3) is 4.62. The molecule has 1 N–H and O–H groups in total. The second-order valence-corrected chi connectivity index (χ2v) is 3.53. The summed E-state index contributed by atoms with van der Waals surface area (Å²) in [5.74, 6) is 0. The van der Waals surface area contributed by atoms with Crippen LogP contribution in [0.25, 0.3) is 0 Å². The molecule has 0 unspecified atom stereocenters. The van der Waals surface area contributed by atoms with E-state index in [1.54, 1.807) is 0 Å². The van der Waals surface area contributed by atoms with E-state index in [0.29, 0.717) is 0 Å². The van der Waals surface area contributed by atoms with E-state index in [9.17, 15) is 8.42 Å². The first kappa shape index (κ1) is 6.62. The van der Waals surface area contributed by atoms with Crippen molar-refractivity contribution in [3.8, 4) is 0 Å². The standard InChI is InChI=1S/CH3O3S.Ti/c1-5(2,3)4;/h1H2,(H,2,3,4);. The monoisotopic (exact) mass is 143 g/mol. The Hall–Kier alpha value is 0.624. The molecule has 0 aromatic heterocycles. The fraction of sp³-hybridized carbons (Fsp3) is 1.00. The second-order valence-electron chi connectivity index (χ2n) is 0.726. The number of hydrogen-bond donors (Lipinski definition) is 1. The minimum absolute atomic E-state index is 0.201. The molecule has 0 fully saturated rings. The Morgan fingerprint density at radius 1 is 1.67 bits per heavy atom. The van der Waals surface area contributed by atoms with Gasteiger partial charge in [-0.1, -0.05) is 0 Å². The van der Waals surface area contributed by atoms with Crippen molar-refractivity contribution < 1.29 is 33.4 Å². The number of rotatable bonds is 1. The Morgan fingerprint density at radius 2 is 1.83 bits per heavy atom. The van der Waals surface area contributed by atoms with E-state index in [-0.39, 0.29) is 4.06 Å². The van der Waals surface area contributed by atoms with Gasteiger partial charge in [-0.3, -0.25) is 0 Å². The van der Waals surface area contributed by atoms with Crippen LogP contribution in [-0.4, -0.2) is 17.0 Å². The Labute approximate surface area is 47.9 Å². The summed E-state index contributed by atoms with van der Waals surface area (Å²) < 4.78 is 26.7. The second kappa shape index (κ2) is 2.07. The third-order valence-electron chi connectivity index (χ3n) is 0.182. The van der Waals surface area contributed by atoms with Gasteiger partial charge in [-0.15, -0.1) is 0 Å². The van der Waals surface area contributed by atoms with E-state index in [1.165, 1.54) is 20.4 Å². The van der Waals surface area contributed by atoms with Gasteiger partial charge in [0, 0.05) is 0 Å². The van der Waals surface area contributed by atoms with Crippen LogP contribution in [0.3, 0.4) is 0 Å². The maximum atomic E-state index is 9.56. The molecular formula is CH3O3STi.